The van der Waals surface area contributed by atoms with Gasteiger partial charge in [-0.25, -0.2) is 0 Å². The second kappa shape index (κ2) is 4.27. The summed E-state index contributed by atoms with van der Waals surface area (Å²) >= 11 is 0. The lowest BCUT2D eigenvalue weighted by molar-refractivity contribution is -0.132. The fourth-order valence-corrected chi connectivity index (χ4v) is 3.45. The highest BCUT2D eigenvalue weighted by molar-refractivity contribution is 5.78. The lowest BCUT2D eigenvalue weighted by Crippen LogP contribution is -2.42. The van der Waals surface area contributed by atoms with Crippen LogP contribution in [0.2, 0.25) is 0 Å². The Labute approximate surface area is 104 Å². The molecule has 0 atom stereocenters. The molecule has 0 aromatic heterocycles. The van der Waals surface area contributed by atoms with Crippen LogP contribution in [0.1, 0.15) is 45.4 Å². The van der Waals surface area contributed by atoms with E-state index in [1.807, 2.05) is 0 Å². The predicted molar refractivity (Wildman–Crippen MR) is 67.8 cm³/mol. The Hall–Kier alpha value is -0.570. The average molecular weight is 236 g/mol. The van der Waals surface area contributed by atoms with E-state index in [0.29, 0.717) is 23.9 Å². The molecule has 3 fully saturated rings. The number of hydrogen-bond acceptors (Lipinski definition) is 2. The first kappa shape index (κ1) is 11.5. The van der Waals surface area contributed by atoms with Crippen molar-refractivity contribution in [2.45, 2.75) is 51.5 Å². The van der Waals surface area contributed by atoms with Gasteiger partial charge in [-0.1, -0.05) is 13.3 Å². The first-order valence-electron chi connectivity index (χ1n) is 7.24. The zero-order chi connectivity index (χ0) is 11.9. The molecule has 0 N–H and O–H groups in total. The van der Waals surface area contributed by atoms with Crippen molar-refractivity contribution in [2.75, 3.05) is 26.2 Å². The molecule has 0 unspecified atom stereocenters. The van der Waals surface area contributed by atoms with Gasteiger partial charge in [0.15, 0.2) is 0 Å². The molecular formula is C14H24N2O. The van der Waals surface area contributed by atoms with Crippen molar-refractivity contribution in [1.29, 1.82) is 0 Å². The molecule has 2 saturated carbocycles. The van der Waals surface area contributed by atoms with Crippen LogP contribution in [0.4, 0.5) is 0 Å². The van der Waals surface area contributed by atoms with Crippen molar-refractivity contribution in [3.8, 4) is 0 Å². The minimum Gasteiger partial charge on any atom is -0.341 e. The molecular weight excluding hydrogens is 212 g/mol. The Morgan fingerprint density at radius 1 is 1.35 bits per heavy atom. The van der Waals surface area contributed by atoms with Gasteiger partial charge in [-0.3, -0.25) is 9.69 Å². The summed E-state index contributed by atoms with van der Waals surface area (Å²) in [5.41, 5.74) is 0.548. The first-order valence-corrected chi connectivity index (χ1v) is 7.24. The van der Waals surface area contributed by atoms with Gasteiger partial charge >= 0.3 is 0 Å². The number of nitrogens with zero attached hydrogens (tertiary/aromatic N) is 2. The van der Waals surface area contributed by atoms with E-state index in [1.165, 1.54) is 38.5 Å². The standard InChI is InChI=1S/C14H24N2O/c1-2-15(12-4-5-12)10-13(17)16-9-8-14(11-16)6-3-7-14/h12H,2-11H2,1H3. The van der Waals surface area contributed by atoms with Crippen molar-refractivity contribution in [2.24, 2.45) is 5.41 Å². The summed E-state index contributed by atoms with van der Waals surface area (Å²) in [6.45, 7) is 5.92. The van der Waals surface area contributed by atoms with E-state index in [9.17, 15) is 4.79 Å². The Balaban J connectivity index is 1.52. The lowest BCUT2D eigenvalue weighted by atomic mass is 9.68. The van der Waals surface area contributed by atoms with Crippen LogP contribution in [0, 0.1) is 5.41 Å². The summed E-state index contributed by atoms with van der Waals surface area (Å²) in [5, 5.41) is 0. The normalized spacial score (nSPS) is 26.6. The number of carbonyl (C=O) groups excluding carboxylic acids is 1. The summed E-state index contributed by atoms with van der Waals surface area (Å²) in [4.78, 5) is 16.7. The van der Waals surface area contributed by atoms with Crippen LogP contribution >= 0.6 is 0 Å². The van der Waals surface area contributed by atoms with Crippen molar-refractivity contribution in [3.63, 3.8) is 0 Å². The molecule has 96 valence electrons. The Kier molecular flexibility index (Phi) is 2.89. The lowest BCUT2D eigenvalue weighted by Gasteiger charge is -2.38. The summed E-state index contributed by atoms with van der Waals surface area (Å²) in [7, 11) is 0. The molecule has 0 radical (unpaired) electrons. The second-order valence-electron chi connectivity index (χ2n) is 6.21. The highest BCUT2D eigenvalue weighted by Crippen LogP contribution is 2.47. The number of likely N-dealkylation sites (tertiary alicyclic amines) is 1. The predicted octanol–water partition coefficient (Wildman–Crippen LogP) is 1.87. The molecule has 0 aromatic carbocycles. The van der Waals surface area contributed by atoms with Gasteiger partial charge < -0.3 is 4.90 Å². The maximum atomic E-state index is 12.3. The van der Waals surface area contributed by atoms with Crippen LogP contribution in [0.3, 0.4) is 0 Å². The zero-order valence-electron chi connectivity index (χ0n) is 11.0. The molecule has 1 heterocycles. The highest BCUT2D eigenvalue weighted by Gasteiger charge is 2.44. The average Bonchev–Trinajstić information content (AvgIpc) is 3.01. The summed E-state index contributed by atoms with van der Waals surface area (Å²) in [6, 6.07) is 0.712. The van der Waals surface area contributed by atoms with Crippen LogP contribution in [0.5, 0.6) is 0 Å². The number of carbonyl (C=O) groups is 1. The number of hydrogen-bond donors (Lipinski definition) is 0. The van der Waals surface area contributed by atoms with E-state index >= 15 is 0 Å². The largest absolute Gasteiger partial charge is 0.341 e. The molecule has 1 amide bonds. The van der Waals surface area contributed by atoms with E-state index in [-0.39, 0.29) is 0 Å². The van der Waals surface area contributed by atoms with Crippen molar-refractivity contribution in [3.05, 3.63) is 0 Å². The molecule has 1 spiro atoms. The second-order valence-corrected chi connectivity index (χ2v) is 6.21. The van der Waals surface area contributed by atoms with E-state index < -0.39 is 0 Å². The van der Waals surface area contributed by atoms with Crippen LogP contribution in [-0.2, 0) is 4.79 Å². The third-order valence-electron chi connectivity index (χ3n) is 5.01. The van der Waals surface area contributed by atoms with Crippen molar-refractivity contribution < 1.29 is 4.79 Å². The molecule has 0 bridgehead atoms. The number of likely N-dealkylation sites (N-methyl/N-ethyl adjacent to an activating group) is 1. The first-order chi connectivity index (χ1) is 8.22. The fraction of sp³-hybridized carbons (Fsp3) is 0.929. The van der Waals surface area contributed by atoms with Gasteiger partial charge in [0, 0.05) is 19.1 Å². The third kappa shape index (κ3) is 2.22. The van der Waals surface area contributed by atoms with Gasteiger partial charge in [-0.15, -0.1) is 0 Å². The van der Waals surface area contributed by atoms with Gasteiger partial charge in [0.05, 0.1) is 6.54 Å². The molecule has 2 aliphatic carbocycles. The van der Waals surface area contributed by atoms with Crippen LogP contribution in [0.15, 0.2) is 0 Å². The van der Waals surface area contributed by atoms with Crippen LogP contribution in [-0.4, -0.2) is 47.9 Å². The van der Waals surface area contributed by atoms with Crippen LogP contribution < -0.4 is 0 Å². The molecule has 17 heavy (non-hydrogen) atoms. The topological polar surface area (TPSA) is 23.6 Å². The van der Waals surface area contributed by atoms with Crippen molar-refractivity contribution in [1.82, 2.24) is 9.80 Å². The summed E-state index contributed by atoms with van der Waals surface area (Å²) in [5.74, 6) is 0.377. The maximum Gasteiger partial charge on any atom is 0.236 e. The monoisotopic (exact) mass is 236 g/mol. The molecule has 1 aliphatic heterocycles. The molecule has 3 rings (SSSR count). The van der Waals surface area contributed by atoms with Gasteiger partial charge in [0.2, 0.25) is 5.91 Å². The Morgan fingerprint density at radius 3 is 2.59 bits per heavy atom. The highest BCUT2D eigenvalue weighted by atomic mass is 16.2. The summed E-state index contributed by atoms with van der Waals surface area (Å²) < 4.78 is 0. The van der Waals surface area contributed by atoms with Crippen LogP contribution in [0.25, 0.3) is 0 Å². The Bertz CT molecular complexity index is 307. The smallest absolute Gasteiger partial charge is 0.236 e. The SMILES string of the molecule is CCN(CC(=O)N1CCC2(CCC2)C1)C1CC1. The number of amides is 1. The van der Waals surface area contributed by atoms with E-state index in [2.05, 4.69) is 16.7 Å². The molecule has 3 aliphatic rings. The Morgan fingerprint density at radius 2 is 2.12 bits per heavy atom. The molecule has 3 heteroatoms. The van der Waals surface area contributed by atoms with Gasteiger partial charge in [-0.05, 0) is 44.1 Å². The number of rotatable bonds is 4. The molecule has 0 aromatic rings. The zero-order valence-corrected chi connectivity index (χ0v) is 11.0. The van der Waals surface area contributed by atoms with E-state index in [0.717, 1.165) is 19.6 Å². The van der Waals surface area contributed by atoms with Gasteiger partial charge in [0.25, 0.3) is 0 Å². The molecule has 3 nitrogen and oxygen atoms in total. The van der Waals surface area contributed by atoms with Crippen molar-refractivity contribution >= 4 is 5.91 Å². The quantitative estimate of drug-likeness (QED) is 0.744. The summed E-state index contributed by atoms with van der Waals surface area (Å²) in [6.07, 6.45) is 7.95. The van der Waals surface area contributed by atoms with Gasteiger partial charge in [-0.2, -0.15) is 0 Å². The molecule has 1 saturated heterocycles. The minimum atomic E-state index is 0.377. The maximum absolute atomic E-state index is 12.3. The van der Waals surface area contributed by atoms with E-state index in [1.54, 1.807) is 0 Å². The van der Waals surface area contributed by atoms with E-state index in [4.69, 9.17) is 0 Å². The third-order valence-corrected chi connectivity index (χ3v) is 5.01. The van der Waals surface area contributed by atoms with Gasteiger partial charge in [0.1, 0.15) is 0 Å². The minimum absolute atomic E-state index is 0.377. The fourth-order valence-electron chi connectivity index (χ4n) is 3.45.